The molecule has 1 aromatic rings. The van der Waals surface area contributed by atoms with Crippen molar-refractivity contribution in [2.24, 2.45) is 11.7 Å². The lowest BCUT2D eigenvalue weighted by molar-refractivity contribution is 0.313. The molecule has 1 rings (SSSR count). The van der Waals surface area contributed by atoms with Gasteiger partial charge in [-0.25, -0.2) is 0 Å². The number of phenolic OH excluding ortho intramolecular Hbond substituents is 1. The molecule has 0 aromatic heterocycles. The van der Waals surface area contributed by atoms with Crippen molar-refractivity contribution < 1.29 is 9.84 Å². The van der Waals surface area contributed by atoms with Gasteiger partial charge < -0.3 is 15.6 Å². The van der Waals surface area contributed by atoms with Crippen molar-refractivity contribution in [3.8, 4) is 11.5 Å². The van der Waals surface area contributed by atoms with Crippen LogP contribution in [0.5, 0.6) is 11.5 Å². The molecule has 0 amide bonds. The maximum absolute atomic E-state index is 10.0. The summed E-state index contributed by atoms with van der Waals surface area (Å²) < 4.78 is 5.34. The van der Waals surface area contributed by atoms with Crippen LogP contribution in [0.3, 0.4) is 0 Å². The van der Waals surface area contributed by atoms with E-state index in [1.54, 1.807) is 6.07 Å². The van der Waals surface area contributed by atoms with E-state index >= 15 is 0 Å². The summed E-state index contributed by atoms with van der Waals surface area (Å²) in [7, 11) is 0. The van der Waals surface area contributed by atoms with E-state index in [0.717, 1.165) is 12.0 Å². The van der Waals surface area contributed by atoms with Crippen LogP contribution in [0, 0.1) is 5.92 Å². The minimum Gasteiger partial charge on any atom is -0.504 e. The van der Waals surface area contributed by atoms with Crippen LogP contribution in [0.1, 0.15) is 38.8 Å². The summed E-state index contributed by atoms with van der Waals surface area (Å²) in [5, 5.41) is 10.0. The quantitative estimate of drug-likeness (QED) is 0.807. The standard InChI is InChI=1S/C13H21NO2/c1-4-9(3)12(14)10-7-6-8-11(13(10)15)16-5-2/h6-9,12,15H,4-5,14H2,1-3H3/t9?,12-/m0/s1. The molecule has 16 heavy (non-hydrogen) atoms. The van der Waals surface area contributed by atoms with E-state index in [2.05, 4.69) is 13.8 Å². The zero-order chi connectivity index (χ0) is 12.1. The van der Waals surface area contributed by atoms with Crippen molar-refractivity contribution in [3.63, 3.8) is 0 Å². The average molecular weight is 223 g/mol. The molecule has 0 spiro atoms. The number of rotatable bonds is 5. The van der Waals surface area contributed by atoms with Crippen molar-refractivity contribution in [1.82, 2.24) is 0 Å². The van der Waals surface area contributed by atoms with Crippen LogP contribution in [-0.2, 0) is 0 Å². The molecule has 3 heteroatoms. The second kappa shape index (κ2) is 5.75. The fraction of sp³-hybridized carbons (Fsp3) is 0.538. The normalized spacial score (nSPS) is 14.5. The lowest BCUT2D eigenvalue weighted by atomic mass is 9.92. The Hall–Kier alpha value is -1.22. The summed E-state index contributed by atoms with van der Waals surface area (Å²) in [6, 6.07) is 5.33. The number of hydrogen-bond acceptors (Lipinski definition) is 3. The van der Waals surface area contributed by atoms with Crippen LogP contribution in [0.2, 0.25) is 0 Å². The number of aromatic hydroxyl groups is 1. The monoisotopic (exact) mass is 223 g/mol. The third kappa shape index (κ3) is 2.67. The first-order valence-electron chi connectivity index (χ1n) is 5.82. The third-order valence-corrected chi connectivity index (χ3v) is 2.95. The lowest BCUT2D eigenvalue weighted by Crippen LogP contribution is -2.18. The van der Waals surface area contributed by atoms with E-state index in [1.807, 2.05) is 19.1 Å². The second-order valence-corrected chi connectivity index (χ2v) is 4.04. The highest BCUT2D eigenvalue weighted by atomic mass is 16.5. The molecule has 2 atom stereocenters. The Bertz CT molecular complexity index is 339. The van der Waals surface area contributed by atoms with Crippen LogP contribution in [0.25, 0.3) is 0 Å². The Kier molecular flexibility index (Phi) is 4.62. The lowest BCUT2D eigenvalue weighted by Gasteiger charge is -2.20. The highest BCUT2D eigenvalue weighted by molar-refractivity contribution is 5.46. The number of para-hydroxylation sites is 1. The highest BCUT2D eigenvalue weighted by Crippen LogP contribution is 2.35. The molecular weight excluding hydrogens is 202 g/mol. The number of phenols is 1. The Labute approximate surface area is 97.2 Å². The first-order chi connectivity index (χ1) is 7.61. The Morgan fingerprint density at radius 1 is 1.38 bits per heavy atom. The average Bonchev–Trinajstić information content (AvgIpc) is 2.30. The van der Waals surface area contributed by atoms with Gasteiger partial charge in [0.15, 0.2) is 11.5 Å². The fourth-order valence-corrected chi connectivity index (χ4v) is 1.64. The number of benzene rings is 1. The largest absolute Gasteiger partial charge is 0.504 e. The van der Waals surface area contributed by atoms with E-state index in [9.17, 15) is 5.11 Å². The summed E-state index contributed by atoms with van der Waals surface area (Å²) in [6.45, 7) is 6.60. The molecule has 0 aliphatic heterocycles. The van der Waals surface area contributed by atoms with Crippen LogP contribution >= 0.6 is 0 Å². The molecule has 0 aliphatic rings. The van der Waals surface area contributed by atoms with Gasteiger partial charge in [-0.05, 0) is 18.9 Å². The zero-order valence-electron chi connectivity index (χ0n) is 10.2. The van der Waals surface area contributed by atoms with Crippen LogP contribution in [0.15, 0.2) is 18.2 Å². The SMILES string of the molecule is CCOc1cccc([C@@H](N)C(C)CC)c1O. The molecule has 90 valence electrons. The van der Waals surface area contributed by atoms with Gasteiger partial charge in [-0.15, -0.1) is 0 Å². The van der Waals surface area contributed by atoms with Gasteiger partial charge in [-0.3, -0.25) is 0 Å². The number of ether oxygens (including phenoxy) is 1. The number of nitrogens with two attached hydrogens (primary N) is 1. The Morgan fingerprint density at radius 2 is 2.06 bits per heavy atom. The number of hydrogen-bond donors (Lipinski definition) is 2. The van der Waals surface area contributed by atoms with Gasteiger partial charge in [0, 0.05) is 11.6 Å². The van der Waals surface area contributed by atoms with E-state index < -0.39 is 0 Å². The summed E-state index contributed by atoms with van der Waals surface area (Å²) in [4.78, 5) is 0. The summed E-state index contributed by atoms with van der Waals surface area (Å²) >= 11 is 0. The third-order valence-electron chi connectivity index (χ3n) is 2.95. The van der Waals surface area contributed by atoms with Gasteiger partial charge in [0.2, 0.25) is 0 Å². The van der Waals surface area contributed by atoms with Crippen molar-refractivity contribution in [1.29, 1.82) is 0 Å². The minimum atomic E-state index is -0.148. The van der Waals surface area contributed by atoms with Crippen LogP contribution in [-0.4, -0.2) is 11.7 Å². The molecule has 0 radical (unpaired) electrons. The van der Waals surface area contributed by atoms with E-state index in [4.69, 9.17) is 10.5 Å². The highest BCUT2D eigenvalue weighted by Gasteiger charge is 2.18. The van der Waals surface area contributed by atoms with Crippen molar-refractivity contribution in [2.45, 2.75) is 33.2 Å². The predicted molar refractivity (Wildman–Crippen MR) is 65.7 cm³/mol. The van der Waals surface area contributed by atoms with Gasteiger partial charge in [0.05, 0.1) is 6.61 Å². The van der Waals surface area contributed by atoms with Crippen molar-refractivity contribution in [2.75, 3.05) is 6.61 Å². The minimum absolute atomic E-state index is 0.148. The van der Waals surface area contributed by atoms with E-state index in [0.29, 0.717) is 18.3 Å². The van der Waals surface area contributed by atoms with Crippen LogP contribution in [0.4, 0.5) is 0 Å². The molecule has 3 nitrogen and oxygen atoms in total. The second-order valence-electron chi connectivity index (χ2n) is 4.04. The predicted octanol–water partition coefficient (Wildman–Crippen LogP) is 2.84. The molecular formula is C13H21NO2. The van der Waals surface area contributed by atoms with Gasteiger partial charge in [-0.1, -0.05) is 32.4 Å². The molecule has 1 aromatic carbocycles. The maximum Gasteiger partial charge on any atom is 0.162 e. The smallest absolute Gasteiger partial charge is 0.162 e. The topological polar surface area (TPSA) is 55.5 Å². The summed E-state index contributed by atoms with van der Waals surface area (Å²) in [5.41, 5.74) is 6.86. The van der Waals surface area contributed by atoms with Crippen molar-refractivity contribution >= 4 is 0 Å². The molecule has 1 unspecified atom stereocenters. The van der Waals surface area contributed by atoms with Gasteiger partial charge in [0.25, 0.3) is 0 Å². The van der Waals surface area contributed by atoms with Gasteiger partial charge >= 0.3 is 0 Å². The Balaban J connectivity index is 3.00. The Morgan fingerprint density at radius 3 is 2.62 bits per heavy atom. The molecule has 0 bridgehead atoms. The molecule has 0 aliphatic carbocycles. The molecule has 3 N–H and O–H groups in total. The van der Waals surface area contributed by atoms with Gasteiger partial charge in [0.1, 0.15) is 0 Å². The van der Waals surface area contributed by atoms with Crippen molar-refractivity contribution in [3.05, 3.63) is 23.8 Å². The first kappa shape index (κ1) is 12.8. The molecule has 0 heterocycles. The summed E-state index contributed by atoms with van der Waals surface area (Å²) in [5.74, 6) is 1.03. The van der Waals surface area contributed by atoms with E-state index in [1.165, 1.54) is 0 Å². The molecule has 0 fully saturated rings. The first-order valence-corrected chi connectivity index (χ1v) is 5.82. The zero-order valence-corrected chi connectivity index (χ0v) is 10.2. The maximum atomic E-state index is 10.0. The summed E-state index contributed by atoms with van der Waals surface area (Å²) in [6.07, 6.45) is 0.986. The van der Waals surface area contributed by atoms with Crippen LogP contribution < -0.4 is 10.5 Å². The fourth-order valence-electron chi connectivity index (χ4n) is 1.64. The van der Waals surface area contributed by atoms with Gasteiger partial charge in [-0.2, -0.15) is 0 Å². The molecule has 0 saturated heterocycles. The van der Waals surface area contributed by atoms with E-state index in [-0.39, 0.29) is 11.8 Å². The molecule has 0 saturated carbocycles.